The number of hydrogen-bond donors (Lipinski definition) is 1. The Bertz CT molecular complexity index is 758. The van der Waals surface area contributed by atoms with E-state index in [0.717, 1.165) is 24.4 Å². The quantitative estimate of drug-likeness (QED) is 0.482. The van der Waals surface area contributed by atoms with Gasteiger partial charge in [0.05, 0.1) is 21.6 Å². The summed E-state index contributed by atoms with van der Waals surface area (Å²) in [5.41, 5.74) is 0.557. The standard InChI is InChI=1S/C14H13N5O4/c1-2-15-10-3-5-11(6-4-10)16-17-13-8-7-12(18(20)21)9-14(13)19(22)23/h3-9,15H,2H2,1H3. The van der Waals surface area contributed by atoms with Crippen molar-refractivity contribution in [2.45, 2.75) is 6.92 Å². The Morgan fingerprint density at radius 2 is 1.70 bits per heavy atom. The van der Waals surface area contributed by atoms with Crippen LogP contribution in [0.1, 0.15) is 6.92 Å². The Balaban J connectivity index is 2.27. The van der Waals surface area contributed by atoms with Crippen molar-refractivity contribution in [3.8, 4) is 0 Å². The van der Waals surface area contributed by atoms with Gasteiger partial charge < -0.3 is 5.32 Å². The Kier molecular flexibility index (Phi) is 4.92. The first-order valence-corrected chi connectivity index (χ1v) is 6.69. The predicted molar refractivity (Wildman–Crippen MR) is 84.5 cm³/mol. The van der Waals surface area contributed by atoms with Crippen LogP contribution in [0.3, 0.4) is 0 Å². The highest BCUT2D eigenvalue weighted by atomic mass is 16.6. The van der Waals surface area contributed by atoms with Crippen molar-refractivity contribution < 1.29 is 9.85 Å². The minimum atomic E-state index is -0.727. The third kappa shape index (κ3) is 4.06. The van der Waals surface area contributed by atoms with Crippen LogP contribution in [-0.2, 0) is 0 Å². The fourth-order valence-electron chi connectivity index (χ4n) is 1.82. The van der Waals surface area contributed by atoms with Crippen LogP contribution >= 0.6 is 0 Å². The van der Waals surface area contributed by atoms with Crippen molar-refractivity contribution in [3.63, 3.8) is 0 Å². The van der Waals surface area contributed by atoms with Crippen molar-refractivity contribution >= 4 is 28.4 Å². The second kappa shape index (κ2) is 7.07. The van der Waals surface area contributed by atoms with Gasteiger partial charge in [0.25, 0.3) is 5.69 Å². The molecular formula is C14H13N5O4. The summed E-state index contributed by atoms with van der Waals surface area (Å²) in [6, 6.07) is 10.2. The zero-order valence-corrected chi connectivity index (χ0v) is 12.2. The molecular weight excluding hydrogens is 302 g/mol. The first kappa shape index (κ1) is 16.0. The molecule has 9 nitrogen and oxygen atoms in total. The molecule has 0 bridgehead atoms. The van der Waals surface area contributed by atoms with Gasteiger partial charge in [-0.3, -0.25) is 20.2 Å². The minimum absolute atomic E-state index is 0.0450. The molecule has 0 unspecified atom stereocenters. The smallest absolute Gasteiger partial charge is 0.303 e. The Hall–Kier alpha value is -3.36. The molecule has 0 atom stereocenters. The number of non-ortho nitro benzene ring substituents is 1. The minimum Gasteiger partial charge on any atom is -0.385 e. The zero-order valence-electron chi connectivity index (χ0n) is 12.2. The maximum absolute atomic E-state index is 11.0. The third-order valence-electron chi connectivity index (χ3n) is 2.89. The summed E-state index contributed by atoms with van der Waals surface area (Å²) in [7, 11) is 0. The van der Waals surface area contributed by atoms with Gasteiger partial charge in [-0.25, -0.2) is 0 Å². The molecule has 1 N–H and O–H groups in total. The maximum Gasteiger partial charge on any atom is 0.303 e. The molecule has 2 aromatic carbocycles. The monoisotopic (exact) mass is 315 g/mol. The highest BCUT2D eigenvalue weighted by Gasteiger charge is 2.19. The summed E-state index contributed by atoms with van der Waals surface area (Å²) < 4.78 is 0. The van der Waals surface area contributed by atoms with E-state index >= 15 is 0 Å². The summed E-state index contributed by atoms with van der Waals surface area (Å²) in [5, 5.41) is 32.5. The fraction of sp³-hybridized carbons (Fsp3) is 0.143. The molecule has 0 saturated carbocycles. The van der Waals surface area contributed by atoms with Gasteiger partial charge in [-0.2, -0.15) is 5.11 Å². The average Bonchev–Trinajstić information content (AvgIpc) is 2.54. The van der Waals surface area contributed by atoms with E-state index in [-0.39, 0.29) is 11.4 Å². The molecule has 9 heteroatoms. The van der Waals surface area contributed by atoms with Crippen LogP contribution in [0.25, 0.3) is 0 Å². The molecule has 0 radical (unpaired) electrons. The topological polar surface area (TPSA) is 123 Å². The molecule has 118 valence electrons. The van der Waals surface area contributed by atoms with Gasteiger partial charge >= 0.3 is 5.69 Å². The number of nitrogens with one attached hydrogen (secondary N) is 1. The van der Waals surface area contributed by atoms with E-state index in [4.69, 9.17) is 0 Å². The van der Waals surface area contributed by atoms with Gasteiger partial charge in [-0.1, -0.05) is 0 Å². The van der Waals surface area contributed by atoms with Crippen molar-refractivity contribution in [2.24, 2.45) is 10.2 Å². The molecule has 0 aliphatic heterocycles. The summed E-state index contributed by atoms with van der Waals surface area (Å²) in [4.78, 5) is 20.2. The lowest BCUT2D eigenvalue weighted by atomic mass is 10.2. The van der Waals surface area contributed by atoms with Gasteiger partial charge in [0, 0.05) is 18.3 Å². The van der Waals surface area contributed by atoms with Crippen LogP contribution in [-0.4, -0.2) is 16.4 Å². The third-order valence-corrected chi connectivity index (χ3v) is 2.89. The zero-order chi connectivity index (χ0) is 16.8. The van der Waals surface area contributed by atoms with Crippen molar-refractivity contribution in [1.82, 2.24) is 0 Å². The Morgan fingerprint density at radius 3 is 2.26 bits per heavy atom. The van der Waals surface area contributed by atoms with E-state index < -0.39 is 15.5 Å². The number of rotatable bonds is 6. The van der Waals surface area contributed by atoms with Crippen LogP contribution in [0.2, 0.25) is 0 Å². The predicted octanol–water partition coefficient (Wildman–Crippen LogP) is 4.35. The lowest BCUT2D eigenvalue weighted by Crippen LogP contribution is -1.94. The molecule has 0 spiro atoms. The molecule has 0 fully saturated rings. The molecule has 2 rings (SSSR count). The van der Waals surface area contributed by atoms with Gasteiger partial charge in [0.15, 0.2) is 5.69 Å². The number of anilines is 1. The second-order valence-electron chi connectivity index (χ2n) is 4.46. The molecule has 0 heterocycles. The van der Waals surface area contributed by atoms with Crippen LogP contribution in [0.4, 0.5) is 28.4 Å². The number of benzene rings is 2. The van der Waals surface area contributed by atoms with Gasteiger partial charge in [0.1, 0.15) is 0 Å². The lowest BCUT2D eigenvalue weighted by molar-refractivity contribution is -0.393. The van der Waals surface area contributed by atoms with Crippen LogP contribution in [0.5, 0.6) is 0 Å². The molecule has 2 aromatic rings. The maximum atomic E-state index is 11.0. The highest BCUT2D eigenvalue weighted by molar-refractivity contribution is 5.62. The molecule has 0 aliphatic carbocycles. The molecule has 23 heavy (non-hydrogen) atoms. The van der Waals surface area contributed by atoms with E-state index in [0.29, 0.717) is 5.69 Å². The van der Waals surface area contributed by atoms with E-state index in [9.17, 15) is 20.2 Å². The average molecular weight is 315 g/mol. The number of azo groups is 1. The molecule has 0 aliphatic rings. The number of hydrogen-bond acceptors (Lipinski definition) is 7. The summed E-state index contributed by atoms with van der Waals surface area (Å²) >= 11 is 0. The molecule has 0 saturated heterocycles. The van der Waals surface area contributed by atoms with Gasteiger partial charge in [-0.05, 0) is 37.3 Å². The lowest BCUT2D eigenvalue weighted by Gasteiger charge is -2.02. The largest absolute Gasteiger partial charge is 0.385 e. The number of nitro groups is 2. The number of nitrogens with zero attached hydrogens (tertiary/aromatic N) is 4. The van der Waals surface area contributed by atoms with E-state index in [2.05, 4.69) is 15.5 Å². The summed E-state index contributed by atoms with van der Waals surface area (Å²) in [6.45, 7) is 2.76. The Morgan fingerprint density at radius 1 is 1.00 bits per heavy atom. The van der Waals surface area contributed by atoms with E-state index in [1.807, 2.05) is 19.1 Å². The van der Waals surface area contributed by atoms with Crippen molar-refractivity contribution in [1.29, 1.82) is 0 Å². The van der Waals surface area contributed by atoms with Crippen molar-refractivity contribution in [3.05, 3.63) is 62.7 Å². The first-order chi connectivity index (χ1) is 11.0. The van der Waals surface area contributed by atoms with Crippen LogP contribution in [0, 0.1) is 20.2 Å². The summed E-state index contributed by atoms with van der Waals surface area (Å²) in [5.74, 6) is 0. The van der Waals surface area contributed by atoms with Crippen LogP contribution in [0.15, 0.2) is 52.7 Å². The molecule has 0 amide bonds. The Labute approximate surface area is 131 Å². The SMILES string of the molecule is CCNc1ccc(N=Nc2ccc([N+](=O)[O-])cc2[N+](=O)[O-])cc1. The van der Waals surface area contributed by atoms with E-state index in [1.165, 1.54) is 6.07 Å². The first-order valence-electron chi connectivity index (χ1n) is 6.69. The highest BCUT2D eigenvalue weighted by Crippen LogP contribution is 2.32. The van der Waals surface area contributed by atoms with Crippen LogP contribution < -0.4 is 5.32 Å². The fourth-order valence-corrected chi connectivity index (χ4v) is 1.82. The second-order valence-corrected chi connectivity index (χ2v) is 4.46. The van der Waals surface area contributed by atoms with Crippen molar-refractivity contribution in [2.75, 3.05) is 11.9 Å². The van der Waals surface area contributed by atoms with Gasteiger partial charge in [0.2, 0.25) is 0 Å². The van der Waals surface area contributed by atoms with E-state index in [1.54, 1.807) is 12.1 Å². The van der Waals surface area contributed by atoms with Gasteiger partial charge in [-0.15, -0.1) is 5.11 Å². The molecule has 0 aromatic heterocycles. The summed E-state index contributed by atoms with van der Waals surface area (Å²) in [6.07, 6.45) is 0. The number of nitro benzene ring substituents is 2. The normalized spacial score (nSPS) is 10.7.